The monoisotopic (exact) mass is 1330 g/mol. The molecule has 0 aliphatic heterocycles. The maximum atomic E-state index is 2.50. The second-order valence-electron chi connectivity index (χ2n) is 26.9. The summed E-state index contributed by atoms with van der Waals surface area (Å²) in [6.07, 6.45) is 0. The van der Waals surface area contributed by atoms with Gasteiger partial charge in [-0.05, 0) is 209 Å². The third kappa shape index (κ3) is 8.68. The lowest BCUT2D eigenvalue weighted by Crippen LogP contribution is -1.93. The highest BCUT2D eigenvalue weighted by molar-refractivity contribution is 7.30. The van der Waals surface area contributed by atoms with E-state index in [1.165, 1.54) is 223 Å². The summed E-state index contributed by atoms with van der Waals surface area (Å²) < 4.78 is 10.7. The van der Waals surface area contributed by atoms with Gasteiger partial charge in [-0.2, -0.15) is 0 Å². The molecule has 0 aliphatic carbocycles. The second-order valence-corrected chi connectivity index (χ2v) is 31.2. The first kappa shape index (κ1) is 56.4. The van der Waals surface area contributed by atoms with Gasteiger partial charge in [0.05, 0.1) is 0 Å². The van der Waals surface area contributed by atoms with Crippen LogP contribution >= 0.6 is 45.3 Å². The molecule has 0 unspecified atom stereocenters. The largest absolute Gasteiger partial charge is 0.135 e. The van der Waals surface area contributed by atoms with Gasteiger partial charge >= 0.3 is 0 Å². The van der Waals surface area contributed by atoms with Crippen LogP contribution < -0.4 is 0 Å². The van der Waals surface area contributed by atoms with Crippen LogP contribution in [-0.4, -0.2) is 0 Å². The van der Waals surface area contributed by atoms with Gasteiger partial charge in [0.25, 0.3) is 0 Å². The third-order valence-electron chi connectivity index (χ3n) is 21.4. The van der Waals surface area contributed by atoms with Gasteiger partial charge < -0.3 is 0 Å². The molecule has 0 nitrogen and oxygen atoms in total. The van der Waals surface area contributed by atoms with E-state index >= 15 is 0 Å². The first-order valence-corrected chi connectivity index (χ1v) is 37.5. The maximum Gasteiger partial charge on any atom is 0.0448 e. The van der Waals surface area contributed by atoms with E-state index in [0.29, 0.717) is 0 Å². The predicted octanol–water partition coefficient (Wildman–Crippen LogP) is 29.7. The average Bonchev–Trinajstić information content (AvgIpc) is 0.935. The molecular weight excluding hydrogens is 1280 g/mol. The first-order valence-electron chi connectivity index (χ1n) is 34.2. The predicted molar refractivity (Wildman–Crippen MR) is 441 cm³/mol. The lowest BCUT2D eigenvalue weighted by atomic mass is 9.83. The van der Waals surface area contributed by atoms with Crippen LogP contribution in [-0.2, 0) is 0 Å². The van der Waals surface area contributed by atoms with E-state index in [-0.39, 0.29) is 0 Å². The summed E-state index contributed by atoms with van der Waals surface area (Å²) >= 11 is 7.62. The Morgan fingerprint density at radius 2 is 0.470 bits per heavy atom. The molecule has 4 heterocycles. The molecule has 0 spiro atoms. The van der Waals surface area contributed by atoms with E-state index in [1.807, 2.05) is 45.3 Å². The Kier molecular flexibility index (Phi) is 12.4. The van der Waals surface area contributed by atoms with Gasteiger partial charge in [0.2, 0.25) is 0 Å². The van der Waals surface area contributed by atoms with Crippen molar-refractivity contribution in [3.63, 3.8) is 0 Å². The Hall–Kier alpha value is -11.6. The highest BCUT2D eigenvalue weighted by atomic mass is 32.1. The van der Waals surface area contributed by atoms with Gasteiger partial charge in [-0.15, -0.1) is 45.3 Å². The lowest BCUT2D eigenvalue weighted by Gasteiger charge is -2.20. The molecule has 0 saturated carbocycles. The highest BCUT2D eigenvalue weighted by Crippen LogP contribution is 2.51. The Bertz CT molecular complexity index is 7260. The molecule has 100 heavy (non-hydrogen) atoms. The van der Waals surface area contributed by atoms with E-state index in [4.69, 9.17) is 0 Å². The molecule has 0 saturated heterocycles. The molecule has 18 aromatic carbocycles. The number of hydrogen-bond acceptors (Lipinski definition) is 4. The van der Waals surface area contributed by atoms with E-state index in [1.54, 1.807) is 0 Å². The Morgan fingerprint density at radius 3 is 1.02 bits per heavy atom. The fourth-order valence-corrected chi connectivity index (χ4v) is 21.6. The summed E-state index contributed by atoms with van der Waals surface area (Å²) in [5.41, 5.74) is 17.0. The van der Waals surface area contributed by atoms with Crippen molar-refractivity contribution < 1.29 is 0 Å². The summed E-state index contributed by atoms with van der Waals surface area (Å²) in [6.45, 7) is 0. The van der Waals surface area contributed by atoms with Crippen molar-refractivity contribution >= 4 is 191 Å². The zero-order valence-electron chi connectivity index (χ0n) is 53.8. The zero-order chi connectivity index (χ0) is 65.3. The fourth-order valence-electron chi connectivity index (χ4n) is 16.7. The van der Waals surface area contributed by atoms with Gasteiger partial charge in [0, 0.05) is 80.7 Å². The van der Waals surface area contributed by atoms with Crippen molar-refractivity contribution in [2.24, 2.45) is 0 Å². The molecule has 0 bridgehead atoms. The lowest BCUT2D eigenvalue weighted by molar-refractivity contribution is 1.62. The normalized spacial score (nSPS) is 12.2. The molecule has 0 fully saturated rings. The van der Waals surface area contributed by atoms with Crippen molar-refractivity contribution in [2.75, 3.05) is 0 Å². The van der Waals surface area contributed by atoms with Crippen LogP contribution in [0, 0.1) is 0 Å². The molecule has 22 aromatic rings. The standard InChI is InChI=1S/C96H54S4/c1-3-15-61-47-67(35-29-55(61)13-1)93-74-20-7-6-19-73(74)92(60-33-27-58(28-34-60)66-37-41-70-78-45-46-86-95(96(78)100-88(70)52-66)79-22-10-12-24-85(79)97-86)82-49-63(40-44-77(82)93)64-39-43-76-83(50-64)94(68-36-30-56-14-2-4-16-62(56)48-68)75-21-8-5-18-72(75)91(76)59-31-25-57(26-32-59)65-38-42-71-81-53-80-69-17-9-11-23-84(69)98-89(80)54-90(81)99-87(71)51-65/h1-54H. The molecule has 0 aliphatic rings. The van der Waals surface area contributed by atoms with Crippen LogP contribution in [0.4, 0.5) is 0 Å². The molecule has 4 aromatic heterocycles. The minimum Gasteiger partial charge on any atom is -0.135 e. The zero-order valence-corrected chi connectivity index (χ0v) is 57.1. The van der Waals surface area contributed by atoms with Crippen LogP contribution in [0.5, 0.6) is 0 Å². The molecule has 22 rings (SSSR count). The summed E-state index contributed by atoms with van der Waals surface area (Å²) in [5.74, 6) is 0. The smallest absolute Gasteiger partial charge is 0.0448 e. The van der Waals surface area contributed by atoms with Crippen molar-refractivity contribution in [2.45, 2.75) is 0 Å². The summed E-state index contributed by atoms with van der Waals surface area (Å²) in [4.78, 5) is 0. The topological polar surface area (TPSA) is 0 Å². The SMILES string of the molecule is c1ccc2cc(-c3c4ccccc4c(-c4ccc(-c5ccc6c(c5)sc5c6ccc6sc7ccccc7c65)cc4)c4cc(-c5ccc6c(-c7ccc(-c8ccc9c(c8)sc8cc%10sc%11ccccc%11c%10cc89)cc7)c7ccccc7c(-c7ccc8ccccc8c7)c6c5)ccc34)ccc2c1. The minimum atomic E-state index is 1.17. The Labute approximate surface area is 591 Å². The van der Waals surface area contributed by atoms with Gasteiger partial charge in [0.1, 0.15) is 0 Å². The second kappa shape index (κ2) is 22.0. The Balaban J connectivity index is 0.707. The Morgan fingerprint density at radius 1 is 0.140 bits per heavy atom. The molecule has 4 heteroatoms. The van der Waals surface area contributed by atoms with E-state index in [9.17, 15) is 0 Å². The van der Waals surface area contributed by atoms with Gasteiger partial charge in [-0.25, -0.2) is 0 Å². The molecular formula is C96H54S4. The third-order valence-corrected chi connectivity index (χ3v) is 26.0. The number of hydrogen-bond donors (Lipinski definition) is 0. The molecule has 0 radical (unpaired) electrons. The quantitative estimate of drug-likeness (QED) is 0.140. The first-order chi connectivity index (χ1) is 49.5. The average molecular weight is 1340 g/mol. The van der Waals surface area contributed by atoms with Crippen LogP contribution in [0.25, 0.3) is 223 Å². The maximum absolute atomic E-state index is 2.50. The van der Waals surface area contributed by atoms with Crippen molar-refractivity contribution in [1.82, 2.24) is 0 Å². The molecule has 0 amide bonds. The van der Waals surface area contributed by atoms with E-state index in [0.717, 1.165) is 0 Å². The van der Waals surface area contributed by atoms with E-state index in [2.05, 4.69) is 328 Å². The van der Waals surface area contributed by atoms with Gasteiger partial charge in [-0.3, -0.25) is 0 Å². The highest BCUT2D eigenvalue weighted by Gasteiger charge is 2.23. The number of benzene rings is 18. The summed E-state index contributed by atoms with van der Waals surface area (Å²) in [7, 11) is 0. The van der Waals surface area contributed by atoms with Gasteiger partial charge in [-0.1, -0.05) is 261 Å². The van der Waals surface area contributed by atoms with Crippen molar-refractivity contribution in [1.29, 1.82) is 0 Å². The number of fused-ring (bicyclic) bond motifs is 19. The van der Waals surface area contributed by atoms with Gasteiger partial charge in [0.15, 0.2) is 0 Å². The summed E-state index contributed by atoms with van der Waals surface area (Å²) in [6, 6.07) is 124. The van der Waals surface area contributed by atoms with Crippen molar-refractivity contribution in [3.05, 3.63) is 328 Å². The van der Waals surface area contributed by atoms with E-state index < -0.39 is 0 Å². The van der Waals surface area contributed by atoms with Crippen LogP contribution in [0.2, 0.25) is 0 Å². The van der Waals surface area contributed by atoms with Crippen LogP contribution in [0.15, 0.2) is 328 Å². The van der Waals surface area contributed by atoms with Crippen LogP contribution in [0.1, 0.15) is 0 Å². The minimum absolute atomic E-state index is 1.17. The summed E-state index contributed by atoms with van der Waals surface area (Å²) in [5, 5.41) is 25.5. The number of thiophene rings is 4. The molecule has 0 atom stereocenters. The van der Waals surface area contributed by atoms with Crippen molar-refractivity contribution in [3.8, 4) is 77.9 Å². The number of rotatable bonds is 7. The molecule has 0 N–H and O–H groups in total. The van der Waals surface area contributed by atoms with Crippen LogP contribution in [0.3, 0.4) is 0 Å². The molecule has 462 valence electrons. The fraction of sp³-hybridized carbons (Fsp3) is 0.